The van der Waals surface area contributed by atoms with Crippen LogP contribution in [-0.4, -0.2) is 16.0 Å². The van der Waals surface area contributed by atoms with Crippen LogP contribution in [0.3, 0.4) is 0 Å². The molecule has 1 saturated carbocycles. The standard InChI is InChI=1S/C20H28O3/c1-11(2)17-13-6-7-16-19(3,4)9-12(21)10-20(16,5)14(13)8-15(22)18(17)23/h8,11,16,22-23H,6-7,9-10H2,1-5H3/t16-,20+/m0/s1. The van der Waals surface area contributed by atoms with Gasteiger partial charge in [0.1, 0.15) is 5.78 Å². The highest BCUT2D eigenvalue weighted by Crippen LogP contribution is 2.58. The van der Waals surface area contributed by atoms with Crippen molar-refractivity contribution >= 4 is 5.78 Å². The maximum atomic E-state index is 12.4. The Balaban J connectivity index is 2.26. The molecule has 0 spiro atoms. The molecule has 3 heteroatoms. The lowest BCUT2D eigenvalue weighted by molar-refractivity contribution is -0.129. The van der Waals surface area contributed by atoms with E-state index in [9.17, 15) is 15.0 Å². The minimum absolute atomic E-state index is 0.0159. The third kappa shape index (κ3) is 2.28. The van der Waals surface area contributed by atoms with Crippen LogP contribution in [0.2, 0.25) is 0 Å². The predicted molar refractivity (Wildman–Crippen MR) is 91.0 cm³/mol. The van der Waals surface area contributed by atoms with E-state index in [1.54, 1.807) is 6.07 Å². The van der Waals surface area contributed by atoms with Crippen LogP contribution in [0.4, 0.5) is 0 Å². The van der Waals surface area contributed by atoms with E-state index in [1.807, 2.05) is 13.8 Å². The summed E-state index contributed by atoms with van der Waals surface area (Å²) in [5.41, 5.74) is 2.82. The molecular weight excluding hydrogens is 288 g/mol. The van der Waals surface area contributed by atoms with Crippen LogP contribution in [0.25, 0.3) is 0 Å². The zero-order valence-corrected chi connectivity index (χ0v) is 14.9. The smallest absolute Gasteiger partial charge is 0.161 e. The minimum atomic E-state index is -0.249. The fraction of sp³-hybridized carbons (Fsp3) is 0.650. The van der Waals surface area contributed by atoms with Crippen molar-refractivity contribution < 1.29 is 15.0 Å². The molecule has 2 N–H and O–H groups in total. The zero-order chi connectivity index (χ0) is 17.2. The molecule has 0 aliphatic heterocycles. The Bertz CT molecular complexity index is 672. The van der Waals surface area contributed by atoms with Crippen molar-refractivity contribution in [3.8, 4) is 11.5 Å². The lowest BCUT2D eigenvalue weighted by Gasteiger charge is -2.54. The number of fused-ring (bicyclic) bond motifs is 3. The Labute approximate surface area is 138 Å². The molecule has 126 valence electrons. The first-order valence-electron chi connectivity index (χ1n) is 8.68. The molecule has 1 aromatic carbocycles. The number of phenols is 2. The quantitative estimate of drug-likeness (QED) is 0.754. The van der Waals surface area contributed by atoms with Crippen molar-refractivity contribution in [2.75, 3.05) is 0 Å². The lowest BCUT2D eigenvalue weighted by atomic mass is 9.49. The number of rotatable bonds is 1. The summed E-state index contributed by atoms with van der Waals surface area (Å²) in [6.07, 6.45) is 3.13. The summed E-state index contributed by atoms with van der Waals surface area (Å²) in [6.45, 7) is 10.6. The molecule has 0 radical (unpaired) electrons. The highest BCUT2D eigenvalue weighted by Gasteiger charge is 2.53. The van der Waals surface area contributed by atoms with Gasteiger partial charge in [0, 0.05) is 23.8 Å². The molecule has 0 bridgehead atoms. The Morgan fingerprint density at radius 1 is 1.17 bits per heavy atom. The number of hydrogen-bond donors (Lipinski definition) is 2. The number of hydrogen-bond acceptors (Lipinski definition) is 3. The molecule has 0 heterocycles. The summed E-state index contributed by atoms with van der Waals surface area (Å²) in [4.78, 5) is 12.4. The number of carbonyl (C=O) groups is 1. The van der Waals surface area contributed by atoms with Gasteiger partial charge in [-0.05, 0) is 47.3 Å². The molecule has 3 rings (SSSR count). The summed E-state index contributed by atoms with van der Waals surface area (Å²) in [6, 6.07) is 1.72. The maximum Gasteiger partial charge on any atom is 0.161 e. The molecule has 0 amide bonds. The number of benzene rings is 1. The van der Waals surface area contributed by atoms with Crippen molar-refractivity contribution in [1.82, 2.24) is 0 Å². The van der Waals surface area contributed by atoms with Crippen LogP contribution >= 0.6 is 0 Å². The largest absolute Gasteiger partial charge is 0.504 e. The van der Waals surface area contributed by atoms with Gasteiger partial charge in [0.2, 0.25) is 0 Å². The summed E-state index contributed by atoms with van der Waals surface area (Å²) in [5, 5.41) is 20.6. The van der Waals surface area contributed by atoms with E-state index in [1.165, 1.54) is 0 Å². The molecule has 2 aliphatic carbocycles. The Morgan fingerprint density at radius 2 is 1.83 bits per heavy atom. The van der Waals surface area contributed by atoms with Gasteiger partial charge < -0.3 is 10.2 Å². The van der Waals surface area contributed by atoms with E-state index in [4.69, 9.17) is 0 Å². The van der Waals surface area contributed by atoms with Gasteiger partial charge >= 0.3 is 0 Å². The van der Waals surface area contributed by atoms with Crippen LogP contribution in [0, 0.1) is 11.3 Å². The fourth-order valence-electron chi connectivity index (χ4n) is 5.49. The van der Waals surface area contributed by atoms with E-state index >= 15 is 0 Å². The topological polar surface area (TPSA) is 57.5 Å². The molecule has 0 unspecified atom stereocenters. The average Bonchev–Trinajstić information content (AvgIpc) is 2.38. The van der Waals surface area contributed by atoms with E-state index < -0.39 is 0 Å². The number of Topliss-reactive ketones (excluding diaryl/α,β-unsaturated/α-hetero) is 1. The second-order valence-electron chi connectivity index (χ2n) is 8.73. The van der Waals surface area contributed by atoms with Crippen LogP contribution in [0.5, 0.6) is 11.5 Å². The molecular formula is C20H28O3. The van der Waals surface area contributed by atoms with Crippen molar-refractivity contribution in [1.29, 1.82) is 0 Å². The third-order valence-corrected chi connectivity index (χ3v) is 6.23. The van der Waals surface area contributed by atoms with Crippen molar-refractivity contribution in [2.24, 2.45) is 11.3 Å². The van der Waals surface area contributed by atoms with E-state index in [0.717, 1.165) is 29.5 Å². The van der Waals surface area contributed by atoms with Crippen LogP contribution < -0.4 is 0 Å². The molecule has 2 aliphatic rings. The second-order valence-corrected chi connectivity index (χ2v) is 8.73. The first kappa shape index (κ1) is 16.4. The van der Waals surface area contributed by atoms with Crippen LogP contribution in [-0.2, 0) is 16.6 Å². The highest BCUT2D eigenvalue weighted by molar-refractivity contribution is 5.82. The van der Waals surface area contributed by atoms with Gasteiger partial charge in [-0.2, -0.15) is 0 Å². The molecule has 3 nitrogen and oxygen atoms in total. The number of ketones is 1. The molecule has 23 heavy (non-hydrogen) atoms. The van der Waals surface area contributed by atoms with Gasteiger partial charge in [-0.25, -0.2) is 0 Å². The number of aromatic hydroxyl groups is 2. The molecule has 2 atom stereocenters. The SMILES string of the molecule is CC(C)c1c(O)c(O)cc2c1CC[C@H]1C(C)(C)CC(=O)C[C@]21C. The van der Waals surface area contributed by atoms with Crippen molar-refractivity contribution in [3.05, 3.63) is 22.8 Å². The van der Waals surface area contributed by atoms with Gasteiger partial charge in [-0.15, -0.1) is 0 Å². The van der Waals surface area contributed by atoms with E-state index in [-0.39, 0.29) is 28.2 Å². The van der Waals surface area contributed by atoms with Crippen LogP contribution in [0.15, 0.2) is 6.07 Å². The predicted octanol–water partition coefficient (Wildman–Crippen LogP) is 4.43. The number of phenolic OH excluding ortho intramolecular Hbond substituents is 2. The van der Waals surface area contributed by atoms with E-state index in [0.29, 0.717) is 24.5 Å². The Hall–Kier alpha value is -1.51. The van der Waals surface area contributed by atoms with Gasteiger partial charge in [-0.3, -0.25) is 4.79 Å². The molecule has 1 fully saturated rings. The lowest BCUT2D eigenvalue weighted by Crippen LogP contribution is -2.51. The van der Waals surface area contributed by atoms with Crippen molar-refractivity contribution in [3.63, 3.8) is 0 Å². The molecule has 0 aromatic heterocycles. The fourth-order valence-corrected chi connectivity index (χ4v) is 5.49. The third-order valence-electron chi connectivity index (χ3n) is 6.23. The summed E-state index contributed by atoms with van der Waals surface area (Å²) in [5.74, 6) is 0.833. The van der Waals surface area contributed by atoms with E-state index in [2.05, 4.69) is 20.8 Å². The zero-order valence-electron chi connectivity index (χ0n) is 14.9. The minimum Gasteiger partial charge on any atom is -0.504 e. The normalized spacial score (nSPS) is 29.3. The average molecular weight is 316 g/mol. The summed E-state index contributed by atoms with van der Waals surface area (Å²) in [7, 11) is 0. The van der Waals surface area contributed by atoms with Crippen LogP contribution in [0.1, 0.15) is 76.5 Å². The van der Waals surface area contributed by atoms with Gasteiger partial charge in [0.25, 0.3) is 0 Å². The van der Waals surface area contributed by atoms with Gasteiger partial charge in [0.05, 0.1) is 0 Å². The monoisotopic (exact) mass is 316 g/mol. The Kier molecular flexibility index (Phi) is 3.55. The van der Waals surface area contributed by atoms with Gasteiger partial charge in [-0.1, -0.05) is 34.6 Å². The molecule has 0 saturated heterocycles. The first-order valence-corrected chi connectivity index (χ1v) is 8.68. The maximum absolute atomic E-state index is 12.4. The first-order chi connectivity index (χ1) is 10.6. The van der Waals surface area contributed by atoms with Crippen molar-refractivity contribution in [2.45, 2.75) is 71.6 Å². The molecule has 1 aromatic rings. The second kappa shape index (κ2) is 4.99. The number of carbonyl (C=O) groups excluding carboxylic acids is 1. The Morgan fingerprint density at radius 3 is 2.43 bits per heavy atom. The summed E-state index contributed by atoms with van der Waals surface area (Å²) < 4.78 is 0. The summed E-state index contributed by atoms with van der Waals surface area (Å²) >= 11 is 0. The van der Waals surface area contributed by atoms with Gasteiger partial charge in [0.15, 0.2) is 11.5 Å². The highest BCUT2D eigenvalue weighted by atomic mass is 16.3.